The third-order valence-electron chi connectivity index (χ3n) is 4.59. The van der Waals surface area contributed by atoms with Gasteiger partial charge in [0.05, 0.1) is 26.4 Å². The molecule has 0 spiro atoms. The van der Waals surface area contributed by atoms with E-state index in [0.717, 1.165) is 44.3 Å². The molecule has 2 aromatic rings. The Morgan fingerprint density at radius 2 is 1.87 bits per heavy atom. The van der Waals surface area contributed by atoms with Crippen LogP contribution < -0.4 is 10.6 Å². The van der Waals surface area contributed by atoms with Crippen molar-refractivity contribution in [2.24, 2.45) is 4.99 Å². The number of nitrogens with one attached hydrogen (secondary N) is 2. The molecule has 166 valence electrons. The minimum atomic E-state index is 0.623. The minimum absolute atomic E-state index is 0.623. The summed E-state index contributed by atoms with van der Waals surface area (Å²) in [5, 5.41) is 6.60. The van der Waals surface area contributed by atoms with E-state index in [1.165, 1.54) is 11.1 Å². The highest BCUT2D eigenvalue weighted by Crippen LogP contribution is 2.09. The Morgan fingerprint density at radius 1 is 1.07 bits per heavy atom. The number of nitrogens with zero attached hydrogens (tertiary/aromatic N) is 3. The molecule has 0 aliphatic rings. The first kappa shape index (κ1) is 23.9. The largest absolute Gasteiger partial charge is 0.379 e. The van der Waals surface area contributed by atoms with Gasteiger partial charge >= 0.3 is 0 Å². The fourth-order valence-electron chi connectivity index (χ4n) is 2.92. The lowest BCUT2D eigenvalue weighted by Crippen LogP contribution is -2.39. The molecule has 0 aliphatic heterocycles. The number of aromatic nitrogens is 2. The maximum Gasteiger partial charge on any atom is 0.191 e. The topological polar surface area (TPSA) is 72.7 Å². The van der Waals surface area contributed by atoms with Gasteiger partial charge in [-0.2, -0.15) is 0 Å². The molecule has 1 aromatic heterocycles. The lowest BCUT2D eigenvalue weighted by Gasteiger charge is -2.12. The zero-order valence-electron chi connectivity index (χ0n) is 18.7. The summed E-state index contributed by atoms with van der Waals surface area (Å²) in [7, 11) is 0. The van der Waals surface area contributed by atoms with Crippen LogP contribution in [0.1, 0.15) is 43.6 Å². The average Bonchev–Trinajstić information content (AvgIpc) is 3.15. The fourth-order valence-corrected chi connectivity index (χ4v) is 2.92. The molecule has 2 N–H and O–H groups in total. The highest BCUT2D eigenvalue weighted by molar-refractivity contribution is 5.79. The SMILES string of the molecule is CCCCOCCOCCNC(=NCc1cccc(Cn2ccnc2C)c1)NCC. The Labute approximate surface area is 180 Å². The molecule has 0 bridgehead atoms. The van der Waals surface area contributed by atoms with Crippen molar-refractivity contribution in [3.8, 4) is 0 Å². The second-order valence-electron chi connectivity index (χ2n) is 7.12. The standard InChI is InChI=1S/C23H37N5O2/c1-4-6-13-29-15-16-30-14-11-26-23(24-5-2)27-18-21-8-7-9-22(17-21)19-28-12-10-25-20(28)3/h7-10,12,17H,4-6,11,13-16,18-19H2,1-3H3,(H2,24,26,27). The second kappa shape index (κ2) is 14.6. The van der Waals surface area contributed by atoms with Gasteiger partial charge in [-0.1, -0.05) is 37.6 Å². The van der Waals surface area contributed by atoms with Crippen LogP contribution >= 0.6 is 0 Å². The first-order valence-corrected chi connectivity index (χ1v) is 11.0. The van der Waals surface area contributed by atoms with E-state index in [0.29, 0.717) is 32.9 Å². The van der Waals surface area contributed by atoms with Crippen molar-refractivity contribution in [3.63, 3.8) is 0 Å². The van der Waals surface area contributed by atoms with Crippen LogP contribution in [-0.2, 0) is 22.6 Å². The van der Waals surface area contributed by atoms with E-state index in [-0.39, 0.29) is 0 Å². The first-order chi connectivity index (χ1) is 14.7. The van der Waals surface area contributed by atoms with Crippen LogP contribution in [0.5, 0.6) is 0 Å². The van der Waals surface area contributed by atoms with Gasteiger partial charge in [-0.25, -0.2) is 9.98 Å². The molecule has 7 nitrogen and oxygen atoms in total. The van der Waals surface area contributed by atoms with Gasteiger partial charge in [-0.3, -0.25) is 0 Å². The number of hydrogen-bond acceptors (Lipinski definition) is 4. The van der Waals surface area contributed by atoms with E-state index < -0.39 is 0 Å². The smallest absolute Gasteiger partial charge is 0.191 e. The van der Waals surface area contributed by atoms with Crippen molar-refractivity contribution in [2.45, 2.75) is 46.7 Å². The van der Waals surface area contributed by atoms with Gasteiger partial charge in [0.1, 0.15) is 5.82 Å². The third kappa shape index (κ3) is 9.41. The van der Waals surface area contributed by atoms with Crippen LogP contribution in [0.4, 0.5) is 0 Å². The molecule has 0 saturated carbocycles. The summed E-state index contributed by atoms with van der Waals surface area (Å²) in [5.74, 6) is 1.82. The zero-order chi connectivity index (χ0) is 21.4. The van der Waals surface area contributed by atoms with Crippen LogP contribution in [-0.4, -0.2) is 55.0 Å². The van der Waals surface area contributed by atoms with Gasteiger partial charge in [0, 0.05) is 38.6 Å². The minimum Gasteiger partial charge on any atom is -0.379 e. The Hall–Kier alpha value is -2.38. The summed E-state index contributed by atoms with van der Waals surface area (Å²) in [6, 6.07) is 8.54. The number of unbranched alkanes of at least 4 members (excludes halogenated alkanes) is 1. The molecule has 0 fully saturated rings. The number of guanidine groups is 1. The number of imidazole rings is 1. The lowest BCUT2D eigenvalue weighted by molar-refractivity contribution is 0.0487. The summed E-state index contributed by atoms with van der Waals surface area (Å²) < 4.78 is 13.2. The first-order valence-electron chi connectivity index (χ1n) is 11.0. The molecule has 0 amide bonds. The summed E-state index contributed by atoms with van der Waals surface area (Å²) >= 11 is 0. The number of ether oxygens (including phenoxy) is 2. The molecular weight excluding hydrogens is 378 g/mol. The number of hydrogen-bond donors (Lipinski definition) is 2. The number of aliphatic imine (C=N–C) groups is 1. The van der Waals surface area contributed by atoms with Gasteiger partial charge in [0.15, 0.2) is 5.96 Å². The molecule has 0 unspecified atom stereocenters. The maximum absolute atomic E-state index is 5.60. The predicted molar refractivity (Wildman–Crippen MR) is 122 cm³/mol. The Balaban J connectivity index is 1.74. The van der Waals surface area contributed by atoms with E-state index in [2.05, 4.69) is 58.3 Å². The molecule has 0 atom stereocenters. The van der Waals surface area contributed by atoms with Gasteiger partial charge < -0.3 is 24.7 Å². The highest BCUT2D eigenvalue weighted by Gasteiger charge is 2.02. The molecule has 0 radical (unpaired) electrons. The quantitative estimate of drug-likeness (QED) is 0.282. The van der Waals surface area contributed by atoms with Crippen molar-refractivity contribution in [2.75, 3.05) is 39.5 Å². The Bertz CT molecular complexity index is 745. The number of aryl methyl sites for hydroxylation is 1. The van der Waals surface area contributed by atoms with Crippen LogP contribution in [0.25, 0.3) is 0 Å². The van der Waals surface area contributed by atoms with Gasteiger partial charge in [-0.05, 0) is 31.4 Å². The maximum atomic E-state index is 5.60. The van der Waals surface area contributed by atoms with Crippen molar-refractivity contribution < 1.29 is 9.47 Å². The Kier molecular flexibility index (Phi) is 11.6. The average molecular weight is 416 g/mol. The zero-order valence-corrected chi connectivity index (χ0v) is 18.7. The van der Waals surface area contributed by atoms with E-state index in [1.807, 2.05) is 19.3 Å². The van der Waals surface area contributed by atoms with Crippen molar-refractivity contribution >= 4 is 5.96 Å². The predicted octanol–water partition coefficient (Wildman–Crippen LogP) is 3.13. The lowest BCUT2D eigenvalue weighted by atomic mass is 10.1. The summed E-state index contributed by atoms with van der Waals surface area (Å²) in [5.41, 5.74) is 2.43. The molecule has 0 saturated heterocycles. The molecule has 30 heavy (non-hydrogen) atoms. The summed E-state index contributed by atoms with van der Waals surface area (Å²) in [6.07, 6.45) is 6.11. The second-order valence-corrected chi connectivity index (χ2v) is 7.12. The molecule has 0 aliphatic carbocycles. The highest BCUT2D eigenvalue weighted by atomic mass is 16.5. The van der Waals surface area contributed by atoms with Crippen molar-refractivity contribution in [1.29, 1.82) is 0 Å². The summed E-state index contributed by atoms with van der Waals surface area (Å²) in [4.78, 5) is 8.99. The van der Waals surface area contributed by atoms with Crippen molar-refractivity contribution in [1.82, 2.24) is 20.2 Å². The van der Waals surface area contributed by atoms with Gasteiger partial charge in [0.2, 0.25) is 0 Å². The van der Waals surface area contributed by atoms with Crippen LogP contribution in [0.2, 0.25) is 0 Å². The van der Waals surface area contributed by atoms with E-state index >= 15 is 0 Å². The van der Waals surface area contributed by atoms with E-state index in [9.17, 15) is 0 Å². The molecule has 1 aromatic carbocycles. The number of rotatable bonds is 14. The molecule has 2 rings (SSSR count). The number of benzene rings is 1. The van der Waals surface area contributed by atoms with Gasteiger partial charge in [0.25, 0.3) is 0 Å². The van der Waals surface area contributed by atoms with Crippen LogP contribution in [0.3, 0.4) is 0 Å². The third-order valence-corrected chi connectivity index (χ3v) is 4.59. The molecule has 1 heterocycles. The monoisotopic (exact) mass is 415 g/mol. The normalized spacial score (nSPS) is 11.6. The fraction of sp³-hybridized carbons (Fsp3) is 0.565. The Morgan fingerprint density at radius 3 is 2.60 bits per heavy atom. The van der Waals surface area contributed by atoms with E-state index in [4.69, 9.17) is 14.5 Å². The van der Waals surface area contributed by atoms with Crippen LogP contribution in [0, 0.1) is 6.92 Å². The molecular formula is C23H37N5O2. The van der Waals surface area contributed by atoms with Crippen molar-refractivity contribution in [3.05, 3.63) is 53.6 Å². The van der Waals surface area contributed by atoms with E-state index in [1.54, 1.807) is 0 Å². The van der Waals surface area contributed by atoms with Crippen LogP contribution in [0.15, 0.2) is 41.7 Å². The summed E-state index contributed by atoms with van der Waals surface area (Å²) in [6.45, 7) is 11.9. The molecule has 7 heteroatoms. The van der Waals surface area contributed by atoms with Gasteiger partial charge in [-0.15, -0.1) is 0 Å².